The lowest BCUT2D eigenvalue weighted by Crippen LogP contribution is -2.32. The minimum Gasteiger partial charge on any atom is -0.326 e. The van der Waals surface area contributed by atoms with Crippen LogP contribution in [-0.4, -0.2) is 9.55 Å². The molecule has 0 radical (unpaired) electrons. The van der Waals surface area contributed by atoms with Gasteiger partial charge in [-0.15, -0.1) is 0 Å². The molecular weight excluding hydrogens is 254 g/mol. The summed E-state index contributed by atoms with van der Waals surface area (Å²) in [5, 5.41) is 0.634. The van der Waals surface area contributed by atoms with E-state index in [-0.39, 0.29) is 6.54 Å². The molecular formula is C12H12ClN3O2. The fraction of sp³-hybridized carbons (Fsp3) is 0.167. The van der Waals surface area contributed by atoms with E-state index >= 15 is 0 Å². The third-order valence-electron chi connectivity index (χ3n) is 2.57. The van der Waals surface area contributed by atoms with Gasteiger partial charge < -0.3 is 5.73 Å². The molecule has 0 aliphatic carbocycles. The highest BCUT2D eigenvalue weighted by atomic mass is 35.5. The minimum atomic E-state index is -0.452. The number of nitrogens with zero attached hydrogens (tertiary/aromatic N) is 1. The smallest absolute Gasteiger partial charge is 0.326 e. The third kappa shape index (κ3) is 2.69. The van der Waals surface area contributed by atoms with Crippen molar-refractivity contribution in [1.29, 1.82) is 0 Å². The minimum absolute atomic E-state index is 0.0935. The van der Waals surface area contributed by atoms with Gasteiger partial charge in [0.25, 0.3) is 5.56 Å². The Morgan fingerprint density at radius 1 is 1.22 bits per heavy atom. The van der Waals surface area contributed by atoms with Gasteiger partial charge >= 0.3 is 5.69 Å². The van der Waals surface area contributed by atoms with Crippen molar-refractivity contribution in [2.45, 2.75) is 13.1 Å². The predicted octanol–water partition coefficient (Wildman–Crippen LogP) is 0.697. The van der Waals surface area contributed by atoms with E-state index in [1.165, 1.54) is 10.8 Å². The summed E-state index contributed by atoms with van der Waals surface area (Å²) in [6.45, 7) is 0.454. The molecule has 0 aliphatic rings. The molecule has 0 amide bonds. The number of H-pyrrole nitrogens is 1. The number of hydrogen-bond acceptors (Lipinski definition) is 3. The van der Waals surface area contributed by atoms with E-state index in [0.29, 0.717) is 17.1 Å². The highest BCUT2D eigenvalue weighted by molar-refractivity contribution is 6.30. The monoisotopic (exact) mass is 265 g/mol. The molecule has 0 saturated carbocycles. The summed E-state index contributed by atoms with van der Waals surface area (Å²) >= 11 is 5.78. The van der Waals surface area contributed by atoms with Gasteiger partial charge in [0.2, 0.25) is 0 Å². The number of nitrogens with one attached hydrogen (secondary N) is 1. The van der Waals surface area contributed by atoms with Gasteiger partial charge in [0, 0.05) is 23.3 Å². The fourth-order valence-electron chi connectivity index (χ4n) is 1.60. The third-order valence-corrected chi connectivity index (χ3v) is 2.82. The Hall–Kier alpha value is -1.85. The molecule has 0 aliphatic heterocycles. The van der Waals surface area contributed by atoms with Crippen molar-refractivity contribution < 1.29 is 0 Å². The molecule has 0 saturated heterocycles. The van der Waals surface area contributed by atoms with Crippen molar-refractivity contribution in [2.24, 2.45) is 5.73 Å². The highest BCUT2D eigenvalue weighted by Gasteiger charge is 2.03. The van der Waals surface area contributed by atoms with Gasteiger partial charge in [0.1, 0.15) is 0 Å². The maximum Gasteiger partial charge on any atom is 0.328 e. The largest absolute Gasteiger partial charge is 0.328 e. The van der Waals surface area contributed by atoms with Crippen LogP contribution in [0.2, 0.25) is 5.02 Å². The van der Waals surface area contributed by atoms with Crippen LogP contribution in [0.25, 0.3) is 0 Å². The van der Waals surface area contributed by atoms with Crippen molar-refractivity contribution in [1.82, 2.24) is 9.55 Å². The van der Waals surface area contributed by atoms with E-state index in [1.807, 2.05) is 12.1 Å². The molecule has 0 atom stereocenters. The molecule has 2 aromatic rings. The first-order chi connectivity index (χ1) is 8.60. The maximum absolute atomic E-state index is 11.6. The molecule has 5 nitrogen and oxygen atoms in total. The number of rotatable bonds is 3. The molecule has 1 aromatic carbocycles. The Labute approximate surface area is 108 Å². The van der Waals surface area contributed by atoms with Crippen molar-refractivity contribution in [3.8, 4) is 0 Å². The molecule has 18 heavy (non-hydrogen) atoms. The van der Waals surface area contributed by atoms with Crippen LogP contribution in [0.4, 0.5) is 0 Å². The Bertz CT molecular complexity index is 658. The van der Waals surface area contributed by atoms with E-state index in [2.05, 4.69) is 4.98 Å². The molecule has 0 spiro atoms. The zero-order valence-corrected chi connectivity index (χ0v) is 10.3. The quantitative estimate of drug-likeness (QED) is 0.857. The number of benzene rings is 1. The van der Waals surface area contributed by atoms with Crippen LogP contribution >= 0.6 is 11.6 Å². The highest BCUT2D eigenvalue weighted by Crippen LogP contribution is 2.09. The van der Waals surface area contributed by atoms with Gasteiger partial charge in [0.15, 0.2) is 0 Å². The number of nitrogens with two attached hydrogens (primary N) is 1. The number of hydrogen-bond donors (Lipinski definition) is 2. The molecule has 0 unspecified atom stereocenters. The molecule has 0 fully saturated rings. The van der Waals surface area contributed by atoms with Gasteiger partial charge in [0.05, 0.1) is 6.54 Å². The lowest BCUT2D eigenvalue weighted by Gasteiger charge is -2.06. The summed E-state index contributed by atoms with van der Waals surface area (Å²) in [7, 11) is 0. The van der Waals surface area contributed by atoms with Crippen LogP contribution in [-0.2, 0) is 13.1 Å². The SMILES string of the molecule is NCc1cn(Cc2ccc(Cl)cc2)c(=O)[nH]c1=O. The van der Waals surface area contributed by atoms with Crippen LogP contribution < -0.4 is 17.0 Å². The summed E-state index contributed by atoms with van der Waals surface area (Å²) in [5.74, 6) is 0. The summed E-state index contributed by atoms with van der Waals surface area (Å²) in [5.41, 5.74) is 5.83. The molecule has 94 valence electrons. The van der Waals surface area contributed by atoms with Crippen molar-refractivity contribution in [3.05, 3.63) is 67.4 Å². The zero-order valence-electron chi connectivity index (χ0n) is 9.52. The number of aromatic amines is 1. The molecule has 0 bridgehead atoms. The number of aromatic nitrogens is 2. The normalized spacial score (nSPS) is 10.6. The van der Waals surface area contributed by atoms with Crippen LogP contribution in [0, 0.1) is 0 Å². The van der Waals surface area contributed by atoms with Crippen LogP contribution in [0.1, 0.15) is 11.1 Å². The Kier molecular flexibility index (Phi) is 3.64. The second-order valence-corrected chi connectivity index (χ2v) is 4.31. The number of halogens is 1. The van der Waals surface area contributed by atoms with E-state index in [9.17, 15) is 9.59 Å². The van der Waals surface area contributed by atoms with Gasteiger partial charge in [-0.1, -0.05) is 23.7 Å². The first-order valence-electron chi connectivity index (χ1n) is 5.37. The maximum atomic E-state index is 11.6. The van der Waals surface area contributed by atoms with E-state index in [1.54, 1.807) is 12.1 Å². The van der Waals surface area contributed by atoms with Crippen molar-refractivity contribution in [2.75, 3.05) is 0 Å². The van der Waals surface area contributed by atoms with Gasteiger partial charge in [-0.05, 0) is 17.7 Å². The Morgan fingerprint density at radius 2 is 1.89 bits per heavy atom. The average molecular weight is 266 g/mol. The van der Waals surface area contributed by atoms with Crippen molar-refractivity contribution >= 4 is 11.6 Å². The van der Waals surface area contributed by atoms with Crippen LogP contribution in [0.5, 0.6) is 0 Å². The van der Waals surface area contributed by atoms with E-state index < -0.39 is 11.2 Å². The lowest BCUT2D eigenvalue weighted by molar-refractivity contribution is 0.706. The second kappa shape index (κ2) is 5.20. The summed E-state index contributed by atoms with van der Waals surface area (Å²) in [6, 6.07) is 7.14. The standard InChI is InChI=1S/C12H12ClN3O2/c13-10-3-1-8(2-4-10)6-16-7-9(5-14)11(17)15-12(16)18/h1-4,7H,5-6,14H2,(H,15,17,18). The Morgan fingerprint density at radius 3 is 2.50 bits per heavy atom. The topological polar surface area (TPSA) is 80.9 Å². The van der Waals surface area contributed by atoms with E-state index in [4.69, 9.17) is 17.3 Å². The molecule has 1 heterocycles. The summed E-state index contributed by atoms with van der Waals surface area (Å²) in [6.07, 6.45) is 1.48. The zero-order chi connectivity index (χ0) is 13.1. The Balaban J connectivity index is 2.37. The van der Waals surface area contributed by atoms with Crippen LogP contribution in [0.3, 0.4) is 0 Å². The molecule has 3 N–H and O–H groups in total. The summed E-state index contributed by atoms with van der Waals surface area (Å²) in [4.78, 5) is 25.2. The molecule has 6 heteroatoms. The predicted molar refractivity (Wildman–Crippen MR) is 69.8 cm³/mol. The fourth-order valence-corrected chi connectivity index (χ4v) is 1.73. The van der Waals surface area contributed by atoms with Crippen LogP contribution in [0.15, 0.2) is 40.1 Å². The lowest BCUT2D eigenvalue weighted by atomic mass is 10.2. The van der Waals surface area contributed by atoms with Gasteiger partial charge in [-0.3, -0.25) is 14.3 Å². The molecule has 1 aromatic heterocycles. The average Bonchev–Trinajstić information content (AvgIpc) is 2.35. The first-order valence-corrected chi connectivity index (χ1v) is 5.75. The second-order valence-electron chi connectivity index (χ2n) is 3.87. The van der Waals surface area contributed by atoms with Gasteiger partial charge in [-0.2, -0.15) is 0 Å². The van der Waals surface area contributed by atoms with E-state index in [0.717, 1.165) is 5.56 Å². The van der Waals surface area contributed by atoms with Crippen molar-refractivity contribution in [3.63, 3.8) is 0 Å². The first kappa shape index (κ1) is 12.6. The summed E-state index contributed by atoms with van der Waals surface area (Å²) < 4.78 is 1.41. The van der Waals surface area contributed by atoms with Gasteiger partial charge in [-0.25, -0.2) is 4.79 Å². The molecule has 2 rings (SSSR count).